The molecule has 0 aromatic heterocycles. The minimum atomic E-state index is -1.55. The smallest absolute Gasteiger partial charge is 0.549 e. The first-order valence-corrected chi connectivity index (χ1v) is 15.8. The first-order chi connectivity index (χ1) is 22.2. The average Bonchev–Trinajstić information content (AvgIpc) is 2.98. The minimum absolute atomic E-state index is 0. The summed E-state index contributed by atoms with van der Waals surface area (Å²) in [7, 11) is 0. The zero-order chi connectivity index (χ0) is 38.9. The summed E-state index contributed by atoms with van der Waals surface area (Å²) in [6, 6.07) is 0. The van der Waals surface area contributed by atoms with Gasteiger partial charge in [0.05, 0.1) is 47.8 Å². The van der Waals surface area contributed by atoms with E-state index in [0.29, 0.717) is 51.4 Å². The molecule has 0 aromatic rings. The van der Waals surface area contributed by atoms with Gasteiger partial charge in [-0.25, -0.2) is 0 Å². The molecule has 0 saturated carbocycles. The van der Waals surface area contributed by atoms with Gasteiger partial charge in [0.25, 0.3) is 0 Å². The monoisotopic (exact) mass is 784 g/mol. The molecule has 0 amide bonds. The fourth-order valence-corrected chi connectivity index (χ4v) is 4.96. The van der Waals surface area contributed by atoms with Crippen LogP contribution in [0.1, 0.15) is 107 Å². The van der Waals surface area contributed by atoms with Crippen LogP contribution in [0.15, 0.2) is 0 Å². The maximum atomic E-state index is 10.4. The Balaban J connectivity index is -0.000000127. The second-order valence-electron chi connectivity index (χ2n) is 10.8. The Bertz CT molecular complexity index is 804. The van der Waals surface area contributed by atoms with Crippen molar-refractivity contribution in [1.29, 1.82) is 0 Å². The van der Waals surface area contributed by atoms with Crippen molar-refractivity contribution in [3.05, 3.63) is 0 Å². The van der Waals surface area contributed by atoms with E-state index in [9.17, 15) is 79.2 Å². The van der Waals surface area contributed by atoms with E-state index in [1.807, 2.05) is 0 Å². The van der Waals surface area contributed by atoms with Crippen LogP contribution in [0, 0.1) is 47.3 Å². The van der Waals surface area contributed by atoms with Gasteiger partial charge < -0.3 is 79.2 Å². The van der Waals surface area contributed by atoms with Crippen LogP contribution in [0.3, 0.4) is 0 Å². The Morgan fingerprint density at radius 1 is 0.280 bits per heavy atom. The van der Waals surface area contributed by atoms with Crippen LogP contribution in [0.25, 0.3) is 0 Å². The largest absolute Gasteiger partial charge is 4.00 e. The molecule has 0 spiro atoms. The third kappa shape index (κ3) is 23.6. The Labute approximate surface area is 323 Å². The first-order valence-electron chi connectivity index (χ1n) is 15.8. The minimum Gasteiger partial charge on any atom is -0.549 e. The van der Waals surface area contributed by atoms with Crippen LogP contribution in [0.5, 0.6) is 0 Å². The molecule has 0 aromatic carbocycles. The number of carbonyl (C=O) groups excluding carboxylic acids is 8. The summed E-state index contributed by atoms with van der Waals surface area (Å²) in [6.07, 6.45) is 4.02. The third-order valence-electron chi connectivity index (χ3n) is 8.11. The normalized spacial score (nSPS) is 10.2. The van der Waals surface area contributed by atoms with Crippen LogP contribution in [-0.4, -0.2) is 47.8 Å². The second-order valence-corrected chi connectivity index (χ2v) is 10.8. The molecule has 0 aliphatic carbocycles. The number of carbonyl (C=O) groups is 8. The molecule has 280 valence electrons. The van der Waals surface area contributed by atoms with Gasteiger partial charge in [-0.2, -0.15) is 0 Å². The van der Waals surface area contributed by atoms with E-state index in [4.69, 9.17) is 0 Å². The molecule has 16 nitrogen and oxygen atoms in total. The van der Waals surface area contributed by atoms with E-state index in [0.717, 1.165) is 0 Å². The maximum Gasteiger partial charge on any atom is 4.00 e. The summed E-state index contributed by atoms with van der Waals surface area (Å²) >= 11 is 0. The quantitative estimate of drug-likeness (QED) is 0.0820. The van der Waals surface area contributed by atoms with Gasteiger partial charge in [-0.3, -0.25) is 0 Å². The fraction of sp³-hybridized carbons (Fsp3) is 0.750. The van der Waals surface area contributed by atoms with Crippen molar-refractivity contribution in [1.82, 2.24) is 0 Å². The van der Waals surface area contributed by atoms with Gasteiger partial charge in [-0.1, -0.05) is 107 Å². The van der Waals surface area contributed by atoms with Crippen LogP contribution in [0.2, 0.25) is 0 Å². The van der Waals surface area contributed by atoms with Gasteiger partial charge in [0.1, 0.15) is 0 Å². The Hall–Kier alpha value is -2.81. The number of carboxylic acid groups (broad SMARTS) is 8. The zero-order valence-corrected chi connectivity index (χ0v) is 32.9. The molecular weight excluding hydrogens is 736 g/mol. The molecule has 0 fully saturated rings. The van der Waals surface area contributed by atoms with Crippen molar-refractivity contribution in [3.8, 4) is 0 Å². The molecule has 0 rings (SSSR count). The molecule has 50 heavy (non-hydrogen) atoms. The average molecular weight is 784 g/mol. The summed E-state index contributed by atoms with van der Waals surface area (Å²) in [5.41, 5.74) is 0. The maximum absolute atomic E-state index is 10.4. The van der Waals surface area contributed by atoms with Gasteiger partial charge in [0.15, 0.2) is 0 Å². The molecule has 0 atom stereocenters. The Kier molecular flexibility index (Phi) is 39.6. The predicted molar refractivity (Wildman–Crippen MR) is 150 cm³/mol. The zero-order valence-electron chi connectivity index (χ0n) is 29.8. The van der Waals surface area contributed by atoms with E-state index in [1.165, 1.54) is 0 Å². The van der Waals surface area contributed by atoms with E-state index in [-0.39, 0.29) is 67.1 Å². The van der Waals surface area contributed by atoms with Crippen molar-refractivity contribution in [3.63, 3.8) is 0 Å². The van der Waals surface area contributed by atoms with Crippen molar-refractivity contribution < 1.29 is 123 Å². The summed E-state index contributed by atoms with van der Waals surface area (Å²) in [6.45, 7) is 13.9. The van der Waals surface area contributed by atoms with Gasteiger partial charge in [-0.15, -0.1) is 0 Å². The molecule has 18 heteroatoms. The molecule has 0 unspecified atom stereocenters. The van der Waals surface area contributed by atoms with Crippen LogP contribution in [-0.2, 0) is 81.8 Å². The molecule has 0 bridgehead atoms. The fourth-order valence-electron chi connectivity index (χ4n) is 4.96. The Morgan fingerprint density at radius 3 is 0.380 bits per heavy atom. The number of hydrogen-bond donors (Lipinski definition) is 0. The van der Waals surface area contributed by atoms with Crippen LogP contribution < -0.4 is 40.9 Å². The summed E-state index contributed by atoms with van der Waals surface area (Å²) < 4.78 is 0. The summed E-state index contributed by atoms with van der Waals surface area (Å²) in [4.78, 5) is 82.9. The molecule has 0 saturated heterocycles. The molecular formula is C32H48O16Ti2. The van der Waals surface area contributed by atoms with Crippen LogP contribution in [0.4, 0.5) is 0 Å². The van der Waals surface area contributed by atoms with E-state index < -0.39 is 71.4 Å². The van der Waals surface area contributed by atoms with Crippen LogP contribution >= 0.6 is 0 Å². The predicted octanol–water partition coefficient (Wildman–Crippen LogP) is -5.85. The molecule has 0 aliphatic heterocycles. The summed E-state index contributed by atoms with van der Waals surface area (Å²) in [5.74, 6) is -19.9. The van der Waals surface area contributed by atoms with E-state index in [1.54, 1.807) is 55.4 Å². The van der Waals surface area contributed by atoms with Gasteiger partial charge >= 0.3 is 43.4 Å². The molecule has 0 N–H and O–H groups in total. The van der Waals surface area contributed by atoms with Gasteiger partial charge in [-0.05, 0) is 23.7 Å². The van der Waals surface area contributed by atoms with Crippen molar-refractivity contribution >= 4 is 47.8 Å². The number of rotatable bonds is 20. The van der Waals surface area contributed by atoms with Crippen molar-refractivity contribution in [2.24, 2.45) is 47.3 Å². The van der Waals surface area contributed by atoms with E-state index >= 15 is 0 Å². The first kappa shape index (κ1) is 59.3. The van der Waals surface area contributed by atoms with Crippen molar-refractivity contribution in [2.75, 3.05) is 0 Å². The number of hydrogen-bond acceptors (Lipinski definition) is 16. The molecule has 0 aliphatic rings. The van der Waals surface area contributed by atoms with Gasteiger partial charge in [0.2, 0.25) is 0 Å². The Morgan fingerprint density at radius 2 is 0.360 bits per heavy atom. The number of aliphatic carboxylic acids is 8. The second kappa shape index (κ2) is 33.3. The standard InChI is InChI=1S/4C8H14O4.2Ti/c4*1-3-5(4-2)6(7(9)10)8(11)12;;/h4*5-6H,3-4H2,1-2H3,(H,9,10)(H,11,12);;/q;;;;2*+4/p-8. The number of carboxylic acids is 8. The topological polar surface area (TPSA) is 321 Å². The molecule has 0 heterocycles. The van der Waals surface area contributed by atoms with Crippen molar-refractivity contribution in [2.45, 2.75) is 107 Å². The molecule has 0 radical (unpaired) electrons. The van der Waals surface area contributed by atoms with Gasteiger partial charge in [0, 0.05) is 23.7 Å². The van der Waals surface area contributed by atoms with E-state index in [2.05, 4.69) is 0 Å². The SMILES string of the molecule is CCC(CC)C(C(=O)[O-])C(=O)[O-].CCC(CC)C(C(=O)[O-])C(=O)[O-].CCC(CC)C(C(=O)[O-])C(=O)[O-].CCC(CC)C(C(=O)[O-])C(=O)[O-].[Ti+4].[Ti+4]. The summed E-state index contributed by atoms with van der Waals surface area (Å²) in [5, 5.41) is 82.9. The third-order valence-corrected chi connectivity index (χ3v) is 8.11.